The van der Waals surface area contributed by atoms with Gasteiger partial charge in [-0.1, -0.05) is 30.3 Å². The summed E-state index contributed by atoms with van der Waals surface area (Å²) in [5.41, 5.74) is 3.82. The van der Waals surface area contributed by atoms with Crippen LogP contribution in [0.25, 0.3) is 10.9 Å². The van der Waals surface area contributed by atoms with Gasteiger partial charge in [-0.05, 0) is 43.2 Å². The first kappa shape index (κ1) is 22.2. The van der Waals surface area contributed by atoms with Crippen LogP contribution in [-0.2, 0) is 4.74 Å². The van der Waals surface area contributed by atoms with Crippen LogP contribution < -0.4 is 10.6 Å². The number of halogens is 1. The quantitative estimate of drug-likeness (QED) is 0.607. The molecule has 4 rings (SSSR count). The average molecular weight is 437 g/mol. The molecule has 2 N–H and O–H groups in total. The van der Waals surface area contributed by atoms with E-state index < -0.39 is 0 Å². The van der Waals surface area contributed by atoms with E-state index in [1.165, 1.54) is 0 Å². The van der Waals surface area contributed by atoms with Crippen molar-refractivity contribution in [2.75, 3.05) is 38.7 Å². The van der Waals surface area contributed by atoms with E-state index in [1.54, 1.807) is 26.2 Å². The number of hydrogen-bond acceptors (Lipinski definition) is 4. The topological polar surface area (TPSA) is 66.5 Å². The number of pyridine rings is 1. The Kier molecular flexibility index (Phi) is 6.67. The van der Waals surface area contributed by atoms with Crippen LogP contribution in [0.15, 0.2) is 48.5 Å². The number of carbonyl (C=O) groups excluding carboxylic acids is 1. The molecule has 1 saturated heterocycles. The number of nitrogens with one attached hydrogen (secondary N) is 2. The van der Waals surface area contributed by atoms with Gasteiger partial charge in [0.15, 0.2) is 0 Å². The summed E-state index contributed by atoms with van der Waals surface area (Å²) >= 11 is 0. The zero-order valence-corrected chi connectivity index (χ0v) is 18.7. The van der Waals surface area contributed by atoms with Crippen LogP contribution in [-0.4, -0.2) is 55.3 Å². The molecule has 6 nitrogen and oxygen atoms in total. The highest BCUT2D eigenvalue weighted by Crippen LogP contribution is 2.29. The monoisotopic (exact) mass is 436 g/mol. The fourth-order valence-electron chi connectivity index (χ4n) is 4.28. The van der Waals surface area contributed by atoms with Crippen LogP contribution in [0.4, 0.5) is 14.9 Å². The van der Waals surface area contributed by atoms with Crippen molar-refractivity contribution in [3.63, 3.8) is 0 Å². The number of nitrogens with zero attached hydrogens (tertiary/aromatic N) is 2. The Morgan fingerprint density at radius 2 is 2.00 bits per heavy atom. The Hall–Kier alpha value is -3.03. The maximum atomic E-state index is 14.2. The van der Waals surface area contributed by atoms with E-state index in [-0.39, 0.29) is 23.8 Å². The third-order valence-electron chi connectivity index (χ3n) is 6.11. The van der Waals surface area contributed by atoms with Gasteiger partial charge in [-0.15, -0.1) is 0 Å². The van der Waals surface area contributed by atoms with Crippen molar-refractivity contribution in [1.82, 2.24) is 15.2 Å². The summed E-state index contributed by atoms with van der Waals surface area (Å²) in [7, 11) is 1.67. The first-order valence-electron chi connectivity index (χ1n) is 10.9. The van der Waals surface area contributed by atoms with E-state index in [1.807, 2.05) is 43.3 Å². The first-order valence-corrected chi connectivity index (χ1v) is 10.9. The Bertz CT molecular complexity index is 1120. The number of rotatable bonds is 6. The van der Waals surface area contributed by atoms with E-state index in [4.69, 9.17) is 4.74 Å². The van der Waals surface area contributed by atoms with Crippen molar-refractivity contribution in [3.8, 4) is 0 Å². The van der Waals surface area contributed by atoms with E-state index in [0.29, 0.717) is 24.4 Å². The SMILES string of the molecule is COCCN1C[C@@H](NC(=O)Nc2cc3ccccc3nc2C)[C@H](c2ccc(C)c(F)c2)C1. The second-order valence-electron chi connectivity index (χ2n) is 8.39. The van der Waals surface area contributed by atoms with Gasteiger partial charge in [0.1, 0.15) is 5.82 Å². The summed E-state index contributed by atoms with van der Waals surface area (Å²) in [6, 6.07) is 14.6. The summed E-state index contributed by atoms with van der Waals surface area (Å²) in [6.45, 7) is 6.40. The summed E-state index contributed by atoms with van der Waals surface area (Å²) in [5, 5.41) is 7.02. The molecule has 32 heavy (non-hydrogen) atoms. The van der Waals surface area contributed by atoms with Gasteiger partial charge in [0.05, 0.1) is 29.5 Å². The predicted octanol–water partition coefficient (Wildman–Crippen LogP) is 4.23. The van der Waals surface area contributed by atoms with Gasteiger partial charge < -0.3 is 15.4 Å². The molecule has 0 radical (unpaired) electrons. The third kappa shape index (κ3) is 4.89. The van der Waals surface area contributed by atoms with Crippen LogP contribution in [0, 0.1) is 19.7 Å². The highest BCUT2D eigenvalue weighted by molar-refractivity contribution is 5.93. The fourth-order valence-corrected chi connectivity index (χ4v) is 4.28. The number of hydrogen-bond donors (Lipinski definition) is 2. The Labute approximate surface area is 187 Å². The van der Waals surface area contributed by atoms with Crippen LogP contribution in [0.1, 0.15) is 22.7 Å². The third-order valence-corrected chi connectivity index (χ3v) is 6.11. The van der Waals surface area contributed by atoms with E-state index in [0.717, 1.165) is 35.2 Å². The molecule has 0 bridgehead atoms. The Morgan fingerprint density at radius 3 is 2.78 bits per heavy atom. The zero-order chi connectivity index (χ0) is 22.7. The number of benzene rings is 2. The maximum absolute atomic E-state index is 14.2. The Morgan fingerprint density at radius 1 is 1.19 bits per heavy atom. The van der Waals surface area contributed by atoms with Crippen molar-refractivity contribution in [1.29, 1.82) is 0 Å². The number of methoxy groups -OCH3 is 1. The molecule has 3 aromatic rings. The minimum absolute atomic E-state index is 0.0106. The molecule has 2 heterocycles. The molecule has 2 amide bonds. The lowest BCUT2D eigenvalue weighted by Crippen LogP contribution is -2.42. The van der Waals surface area contributed by atoms with Crippen LogP contribution in [0.3, 0.4) is 0 Å². The highest BCUT2D eigenvalue weighted by atomic mass is 19.1. The van der Waals surface area contributed by atoms with Gasteiger partial charge in [0, 0.05) is 38.0 Å². The molecule has 168 valence electrons. The lowest BCUT2D eigenvalue weighted by molar-refractivity contribution is 0.159. The minimum Gasteiger partial charge on any atom is -0.383 e. The number of ether oxygens (including phenoxy) is 1. The van der Waals surface area contributed by atoms with Gasteiger partial charge >= 0.3 is 6.03 Å². The molecule has 0 spiro atoms. The lowest BCUT2D eigenvalue weighted by Gasteiger charge is -2.21. The molecule has 1 aliphatic rings. The second kappa shape index (κ2) is 9.63. The average Bonchev–Trinajstić information content (AvgIpc) is 3.17. The van der Waals surface area contributed by atoms with Crippen LogP contribution in [0.2, 0.25) is 0 Å². The van der Waals surface area contributed by atoms with Gasteiger partial charge in [-0.2, -0.15) is 0 Å². The number of amides is 2. The van der Waals surface area contributed by atoms with Crippen molar-refractivity contribution in [3.05, 3.63) is 71.2 Å². The Balaban J connectivity index is 1.51. The number of urea groups is 1. The number of aryl methyl sites for hydroxylation is 2. The number of carbonyl (C=O) groups is 1. The summed E-state index contributed by atoms with van der Waals surface area (Å²) in [6.07, 6.45) is 0. The van der Waals surface area contributed by atoms with Crippen molar-refractivity contribution in [2.24, 2.45) is 0 Å². The van der Waals surface area contributed by atoms with Gasteiger partial charge in [-0.3, -0.25) is 9.88 Å². The number of aromatic nitrogens is 1. The molecular formula is C25H29FN4O2. The number of anilines is 1. The van der Waals surface area contributed by atoms with Gasteiger partial charge in [0.2, 0.25) is 0 Å². The largest absolute Gasteiger partial charge is 0.383 e. The number of fused-ring (bicyclic) bond motifs is 1. The molecule has 2 atom stereocenters. The second-order valence-corrected chi connectivity index (χ2v) is 8.39. The zero-order valence-electron chi connectivity index (χ0n) is 18.7. The van der Waals surface area contributed by atoms with Crippen LogP contribution in [0.5, 0.6) is 0 Å². The standard InChI is InChI=1S/C25H29FN4O2/c1-16-8-9-18(12-21(16)26)20-14-30(10-11-32-3)15-24(20)29-25(31)28-23-13-19-6-4-5-7-22(19)27-17(23)2/h4-9,12-13,20,24H,10-11,14-15H2,1-3H3,(H2,28,29,31)/t20-,24+/m0/s1. The molecule has 2 aromatic carbocycles. The maximum Gasteiger partial charge on any atom is 0.319 e. The van der Waals surface area contributed by atoms with E-state index in [2.05, 4.69) is 20.5 Å². The molecule has 0 aliphatic carbocycles. The van der Waals surface area contributed by atoms with Crippen molar-refractivity contribution >= 4 is 22.6 Å². The molecule has 1 aromatic heterocycles. The fraction of sp³-hybridized carbons (Fsp3) is 0.360. The first-order chi connectivity index (χ1) is 15.4. The molecule has 7 heteroatoms. The number of likely N-dealkylation sites (tertiary alicyclic amines) is 1. The molecular weight excluding hydrogens is 407 g/mol. The minimum atomic E-state index is -0.290. The molecule has 1 fully saturated rings. The lowest BCUT2D eigenvalue weighted by atomic mass is 9.93. The molecule has 1 aliphatic heterocycles. The van der Waals surface area contributed by atoms with Gasteiger partial charge in [0.25, 0.3) is 0 Å². The van der Waals surface area contributed by atoms with E-state index in [9.17, 15) is 9.18 Å². The van der Waals surface area contributed by atoms with Crippen molar-refractivity contribution < 1.29 is 13.9 Å². The summed E-state index contributed by atoms with van der Waals surface area (Å²) in [5.74, 6) is -0.234. The van der Waals surface area contributed by atoms with E-state index >= 15 is 0 Å². The summed E-state index contributed by atoms with van der Waals surface area (Å²) < 4.78 is 19.5. The smallest absolute Gasteiger partial charge is 0.319 e. The van der Waals surface area contributed by atoms with Crippen molar-refractivity contribution in [2.45, 2.75) is 25.8 Å². The highest BCUT2D eigenvalue weighted by Gasteiger charge is 2.35. The predicted molar refractivity (Wildman–Crippen MR) is 125 cm³/mol. The molecule has 0 unspecified atom stereocenters. The van der Waals surface area contributed by atoms with Crippen LogP contribution >= 0.6 is 0 Å². The normalized spacial score (nSPS) is 18.8. The summed E-state index contributed by atoms with van der Waals surface area (Å²) in [4.78, 5) is 19.7. The van der Waals surface area contributed by atoms with Gasteiger partial charge in [-0.25, -0.2) is 9.18 Å². The molecule has 0 saturated carbocycles. The number of para-hydroxylation sites is 1.